The van der Waals surface area contributed by atoms with Gasteiger partial charge in [0.05, 0.1) is 19.4 Å². The van der Waals surface area contributed by atoms with Gasteiger partial charge in [-0.25, -0.2) is 0 Å². The van der Waals surface area contributed by atoms with Crippen LogP contribution in [-0.4, -0.2) is 41.6 Å². The number of carboxylic acids is 1. The van der Waals surface area contributed by atoms with Crippen LogP contribution in [0.15, 0.2) is 24.3 Å². The van der Waals surface area contributed by atoms with Crippen LogP contribution in [0.1, 0.15) is 25.3 Å². The van der Waals surface area contributed by atoms with E-state index in [-0.39, 0.29) is 25.3 Å². The van der Waals surface area contributed by atoms with Gasteiger partial charge in [-0.05, 0) is 26.0 Å². The number of hydrogen-bond donors (Lipinski definition) is 1. The average Bonchev–Trinajstić information content (AvgIpc) is 2.41. The molecule has 0 aliphatic rings. The fraction of sp³-hybridized carbons (Fsp3) is 0.467. The van der Waals surface area contributed by atoms with Crippen molar-refractivity contribution >= 4 is 11.9 Å². The summed E-state index contributed by atoms with van der Waals surface area (Å²) in [5, 5.41) is 8.62. The molecule has 5 heteroatoms. The zero-order valence-electron chi connectivity index (χ0n) is 12.0. The van der Waals surface area contributed by atoms with Crippen molar-refractivity contribution in [1.82, 2.24) is 4.90 Å². The first-order valence-electron chi connectivity index (χ1n) is 6.72. The van der Waals surface area contributed by atoms with Crippen molar-refractivity contribution < 1.29 is 19.4 Å². The molecule has 0 unspecified atom stereocenters. The summed E-state index contributed by atoms with van der Waals surface area (Å²) in [6.45, 7) is 4.88. The Balaban J connectivity index is 2.33. The van der Waals surface area contributed by atoms with E-state index in [2.05, 4.69) is 0 Å². The van der Waals surface area contributed by atoms with Gasteiger partial charge in [-0.1, -0.05) is 17.7 Å². The number of carbonyl (C=O) groups is 2. The fourth-order valence-corrected chi connectivity index (χ4v) is 1.74. The normalized spacial score (nSPS) is 10.1. The van der Waals surface area contributed by atoms with E-state index in [1.165, 1.54) is 4.90 Å². The Morgan fingerprint density at radius 1 is 1.20 bits per heavy atom. The molecule has 1 amide bonds. The zero-order chi connectivity index (χ0) is 15.0. The third-order valence-electron chi connectivity index (χ3n) is 2.94. The number of ether oxygens (including phenoxy) is 1. The summed E-state index contributed by atoms with van der Waals surface area (Å²) in [6, 6.07) is 7.62. The lowest BCUT2D eigenvalue weighted by Gasteiger charge is -2.20. The molecule has 0 aromatic heterocycles. The van der Waals surface area contributed by atoms with E-state index < -0.39 is 5.97 Å². The van der Waals surface area contributed by atoms with Gasteiger partial charge in [0.25, 0.3) is 0 Å². The lowest BCUT2D eigenvalue weighted by Crippen LogP contribution is -2.33. The highest BCUT2D eigenvalue weighted by Crippen LogP contribution is 2.11. The van der Waals surface area contributed by atoms with Crippen LogP contribution in [-0.2, 0) is 9.59 Å². The third kappa shape index (κ3) is 5.73. The van der Waals surface area contributed by atoms with Gasteiger partial charge in [0.2, 0.25) is 5.91 Å². The molecule has 0 atom stereocenters. The second-order valence-electron chi connectivity index (χ2n) is 4.53. The minimum Gasteiger partial charge on any atom is -0.493 e. The second kappa shape index (κ2) is 8.19. The molecule has 0 bridgehead atoms. The van der Waals surface area contributed by atoms with Gasteiger partial charge in [0.1, 0.15) is 5.75 Å². The zero-order valence-corrected chi connectivity index (χ0v) is 12.0. The van der Waals surface area contributed by atoms with Crippen LogP contribution in [0, 0.1) is 6.92 Å². The summed E-state index contributed by atoms with van der Waals surface area (Å²) in [7, 11) is 0. The number of rotatable bonds is 8. The number of carboxylic acid groups (broad SMARTS) is 1. The van der Waals surface area contributed by atoms with Gasteiger partial charge < -0.3 is 14.7 Å². The molecule has 1 N–H and O–H groups in total. The SMILES string of the molecule is CCN(CCC(=O)O)C(=O)CCOc1ccc(C)cc1. The molecule has 1 rings (SSSR count). The molecule has 0 aliphatic heterocycles. The average molecular weight is 279 g/mol. The van der Waals surface area contributed by atoms with E-state index in [0.717, 1.165) is 11.3 Å². The standard InChI is InChI=1S/C15H21NO4/c1-3-16(10-8-15(18)19)14(17)9-11-20-13-6-4-12(2)5-7-13/h4-7H,3,8-11H2,1-2H3,(H,18,19). The highest BCUT2D eigenvalue weighted by atomic mass is 16.5. The summed E-state index contributed by atoms with van der Waals surface area (Å²) < 4.78 is 5.49. The van der Waals surface area contributed by atoms with Crippen LogP contribution < -0.4 is 4.74 Å². The molecule has 0 saturated carbocycles. The van der Waals surface area contributed by atoms with Crippen LogP contribution >= 0.6 is 0 Å². The molecule has 5 nitrogen and oxygen atoms in total. The largest absolute Gasteiger partial charge is 0.493 e. The number of benzene rings is 1. The highest BCUT2D eigenvalue weighted by molar-refractivity contribution is 5.77. The molecule has 0 spiro atoms. The minimum atomic E-state index is -0.896. The molecule has 0 fully saturated rings. The van der Waals surface area contributed by atoms with Gasteiger partial charge in [-0.3, -0.25) is 9.59 Å². The number of aliphatic carboxylic acids is 1. The Labute approximate surface area is 119 Å². The van der Waals surface area contributed by atoms with E-state index in [9.17, 15) is 9.59 Å². The quantitative estimate of drug-likeness (QED) is 0.791. The van der Waals surface area contributed by atoms with Crippen molar-refractivity contribution in [1.29, 1.82) is 0 Å². The smallest absolute Gasteiger partial charge is 0.305 e. The summed E-state index contributed by atoms with van der Waals surface area (Å²) >= 11 is 0. The monoisotopic (exact) mass is 279 g/mol. The van der Waals surface area contributed by atoms with Crippen molar-refractivity contribution in [2.75, 3.05) is 19.7 Å². The number of amides is 1. The highest BCUT2D eigenvalue weighted by Gasteiger charge is 2.12. The predicted molar refractivity (Wildman–Crippen MR) is 75.8 cm³/mol. The molecule has 110 valence electrons. The molecular formula is C15H21NO4. The Kier molecular flexibility index (Phi) is 6.56. The van der Waals surface area contributed by atoms with Crippen LogP contribution in [0.2, 0.25) is 0 Å². The lowest BCUT2D eigenvalue weighted by molar-refractivity contribution is -0.138. The summed E-state index contributed by atoms with van der Waals surface area (Å²) in [4.78, 5) is 23.9. The predicted octanol–water partition coefficient (Wildman–Crippen LogP) is 2.09. The van der Waals surface area contributed by atoms with Crippen LogP contribution in [0.3, 0.4) is 0 Å². The molecule has 1 aromatic carbocycles. The maximum atomic E-state index is 11.9. The van der Waals surface area contributed by atoms with Gasteiger partial charge in [0.15, 0.2) is 0 Å². The van der Waals surface area contributed by atoms with E-state index in [1.807, 2.05) is 38.1 Å². The van der Waals surface area contributed by atoms with Crippen molar-refractivity contribution in [2.24, 2.45) is 0 Å². The second-order valence-corrected chi connectivity index (χ2v) is 4.53. The molecule has 0 aliphatic carbocycles. The summed E-state index contributed by atoms with van der Waals surface area (Å²) in [6.07, 6.45) is 0.222. The molecular weight excluding hydrogens is 258 g/mol. The summed E-state index contributed by atoms with van der Waals surface area (Å²) in [5.41, 5.74) is 1.15. The maximum absolute atomic E-state index is 11.9. The van der Waals surface area contributed by atoms with Crippen molar-refractivity contribution in [3.05, 3.63) is 29.8 Å². The van der Waals surface area contributed by atoms with E-state index in [1.54, 1.807) is 0 Å². The Hall–Kier alpha value is -2.04. The first kappa shape index (κ1) is 16.0. The van der Waals surface area contributed by atoms with Gasteiger partial charge in [-0.2, -0.15) is 0 Å². The van der Waals surface area contributed by atoms with Crippen molar-refractivity contribution in [3.8, 4) is 5.75 Å². The number of carbonyl (C=O) groups excluding carboxylic acids is 1. The lowest BCUT2D eigenvalue weighted by atomic mass is 10.2. The van der Waals surface area contributed by atoms with Crippen LogP contribution in [0.4, 0.5) is 0 Å². The van der Waals surface area contributed by atoms with Gasteiger partial charge >= 0.3 is 5.97 Å². The first-order valence-corrected chi connectivity index (χ1v) is 6.72. The van der Waals surface area contributed by atoms with E-state index in [0.29, 0.717) is 13.2 Å². The van der Waals surface area contributed by atoms with Gasteiger partial charge in [0, 0.05) is 13.1 Å². The number of aryl methyl sites for hydroxylation is 1. The maximum Gasteiger partial charge on any atom is 0.305 e. The fourth-order valence-electron chi connectivity index (χ4n) is 1.74. The minimum absolute atomic E-state index is 0.0294. The topological polar surface area (TPSA) is 66.8 Å². The van der Waals surface area contributed by atoms with Gasteiger partial charge in [-0.15, -0.1) is 0 Å². The Bertz CT molecular complexity index is 442. The molecule has 0 heterocycles. The summed E-state index contributed by atoms with van der Waals surface area (Å²) in [5.74, 6) is -0.245. The number of hydrogen-bond acceptors (Lipinski definition) is 3. The Morgan fingerprint density at radius 3 is 2.40 bits per heavy atom. The number of nitrogens with zero attached hydrogens (tertiary/aromatic N) is 1. The van der Waals surface area contributed by atoms with Crippen LogP contribution in [0.25, 0.3) is 0 Å². The molecule has 0 saturated heterocycles. The van der Waals surface area contributed by atoms with E-state index in [4.69, 9.17) is 9.84 Å². The van der Waals surface area contributed by atoms with E-state index >= 15 is 0 Å². The van der Waals surface area contributed by atoms with Crippen LogP contribution in [0.5, 0.6) is 5.75 Å². The first-order chi connectivity index (χ1) is 9.52. The third-order valence-corrected chi connectivity index (χ3v) is 2.94. The van der Waals surface area contributed by atoms with Crippen molar-refractivity contribution in [2.45, 2.75) is 26.7 Å². The van der Waals surface area contributed by atoms with Crippen molar-refractivity contribution in [3.63, 3.8) is 0 Å². The molecule has 0 radical (unpaired) electrons. The Morgan fingerprint density at radius 2 is 1.85 bits per heavy atom. The molecule has 1 aromatic rings. The molecule has 20 heavy (non-hydrogen) atoms.